The van der Waals surface area contributed by atoms with Crippen LogP contribution in [0.1, 0.15) is 103 Å². The van der Waals surface area contributed by atoms with Crippen LogP contribution in [0, 0.1) is 0 Å². The van der Waals surface area contributed by atoms with Crippen molar-refractivity contribution in [3.8, 4) is 0 Å². The Morgan fingerprint density at radius 1 is 0.720 bits per heavy atom. The zero-order chi connectivity index (χ0) is 18.6. The van der Waals surface area contributed by atoms with E-state index in [0.717, 1.165) is 19.1 Å². The fourth-order valence-corrected chi connectivity index (χ4v) is 2.98. The Hall–Kier alpha value is -0.810. The second-order valence-corrected chi connectivity index (χ2v) is 7.71. The van der Waals surface area contributed by atoms with Gasteiger partial charge in [0.2, 0.25) is 0 Å². The Kier molecular flexibility index (Phi) is 17.4. The molecule has 0 aliphatic carbocycles. The Balaban J connectivity index is 3.19. The Labute approximate surface area is 155 Å². The molecule has 0 bridgehead atoms. The predicted octanol–water partition coefficient (Wildman–Crippen LogP) is 6.75. The van der Waals surface area contributed by atoms with Gasteiger partial charge in [-0.05, 0) is 18.9 Å². The van der Waals surface area contributed by atoms with Gasteiger partial charge in [0.25, 0.3) is 0 Å². The van der Waals surface area contributed by atoms with Crippen molar-refractivity contribution in [1.82, 2.24) is 0 Å². The second kappa shape index (κ2) is 18.0. The summed E-state index contributed by atoms with van der Waals surface area (Å²) in [6.07, 6.45) is 26.1. The Bertz CT molecular complexity index is 427. The molecule has 0 atom stereocenters. The van der Waals surface area contributed by atoms with Gasteiger partial charge in [0.15, 0.2) is 0 Å². The van der Waals surface area contributed by atoms with Gasteiger partial charge in [0, 0.05) is 0 Å². The van der Waals surface area contributed by atoms with Gasteiger partial charge >= 0.3 is 10.4 Å². The van der Waals surface area contributed by atoms with E-state index in [-0.39, 0.29) is 0 Å². The molecule has 0 aromatic heterocycles. The topological polar surface area (TPSA) is 63.6 Å². The van der Waals surface area contributed by atoms with Crippen molar-refractivity contribution in [2.24, 2.45) is 0 Å². The third-order valence-electron chi connectivity index (χ3n) is 4.23. The fourth-order valence-electron chi connectivity index (χ4n) is 2.78. The number of rotatable bonds is 18. The molecular formula is C20H38O4S. The van der Waals surface area contributed by atoms with Crippen LogP contribution < -0.4 is 0 Å². The summed E-state index contributed by atoms with van der Waals surface area (Å²) in [4.78, 5) is 0. The first-order valence-corrected chi connectivity index (χ1v) is 11.4. The zero-order valence-electron chi connectivity index (χ0n) is 16.0. The van der Waals surface area contributed by atoms with Gasteiger partial charge in [0.1, 0.15) is 6.26 Å². The molecule has 0 radical (unpaired) electrons. The molecule has 0 spiro atoms. The van der Waals surface area contributed by atoms with E-state index in [1.54, 1.807) is 6.08 Å². The maximum absolute atomic E-state index is 10.3. The van der Waals surface area contributed by atoms with Crippen LogP contribution in [-0.4, -0.2) is 13.0 Å². The van der Waals surface area contributed by atoms with Gasteiger partial charge in [-0.3, -0.25) is 4.55 Å². The lowest BCUT2D eigenvalue weighted by molar-refractivity contribution is 0.356. The average Bonchev–Trinajstić information content (AvgIpc) is 2.56. The lowest BCUT2D eigenvalue weighted by Crippen LogP contribution is -1.96. The minimum Gasteiger partial charge on any atom is -0.370 e. The van der Waals surface area contributed by atoms with Gasteiger partial charge in [-0.1, -0.05) is 103 Å². The fraction of sp³-hybridized carbons (Fsp3) is 0.800. The van der Waals surface area contributed by atoms with Crippen molar-refractivity contribution in [2.75, 3.05) is 0 Å². The molecule has 25 heavy (non-hydrogen) atoms. The number of unbranched alkanes of at least 4 members (excludes halogenated alkanes) is 14. The highest BCUT2D eigenvalue weighted by Gasteiger charge is 1.97. The van der Waals surface area contributed by atoms with Gasteiger partial charge in [-0.15, -0.1) is 0 Å². The van der Waals surface area contributed by atoms with E-state index in [1.807, 2.05) is 6.08 Å². The molecular weight excluding hydrogens is 336 g/mol. The average molecular weight is 375 g/mol. The molecule has 0 unspecified atom stereocenters. The maximum atomic E-state index is 10.3. The van der Waals surface area contributed by atoms with Crippen LogP contribution in [0.2, 0.25) is 0 Å². The van der Waals surface area contributed by atoms with Crippen molar-refractivity contribution < 1.29 is 17.2 Å². The molecule has 0 aliphatic rings. The lowest BCUT2D eigenvalue weighted by Gasteiger charge is -2.02. The molecule has 0 aliphatic heterocycles. The highest BCUT2D eigenvalue weighted by molar-refractivity contribution is 7.81. The van der Waals surface area contributed by atoms with E-state index in [1.165, 1.54) is 89.5 Å². The predicted molar refractivity (Wildman–Crippen MR) is 106 cm³/mol. The van der Waals surface area contributed by atoms with E-state index < -0.39 is 10.4 Å². The highest BCUT2D eigenvalue weighted by Crippen LogP contribution is 2.13. The SMILES string of the molecule is CCCCCCCCCCCCCCCCC=CC=COS(=O)(=O)O. The van der Waals surface area contributed by atoms with Crippen LogP contribution in [0.15, 0.2) is 24.5 Å². The van der Waals surface area contributed by atoms with Crippen LogP contribution in [0.5, 0.6) is 0 Å². The van der Waals surface area contributed by atoms with E-state index in [4.69, 9.17) is 4.55 Å². The highest BCUT2D eigenvalue weighted by atomic mass is 32.3. The lowest BCUT2D eigenvalue weighted by atomic mass is 10.0. The summed E-state index contributed by atoms with van der Waals surface area (Å²) >= 11 is 0. The van der Waals surface area contributed by atoms with Crippen molar-refractivity contribution in [1.29, 1.82) is 0 Å². The molecule has 0 amide bonds. The normalized spacial score (nSPS) is 12.4. The molecule has 1 N–H and O–H groups in total. The minimum atomic E-state index is -4.37. The summed E-state index contributed by atoms with van der Waals surface area (Å²) in [5.74, 6) is 0. The van der Waals surface area contributed by atoms with Gasteiger partial charge in [-0.2, -0.15) is 8.42 Å². The second-order valence-electron chi connectivity index (χ2n) is 6.67. The van der Waals surface area contributed by atoms with Crippen molar-refractivity contribution in [3.63, 3.8) is 0 Å². The molecule has 4 nitrogen and oxygen atoms in total. The maximum Gasteiger partial charge on any atom is 0.445 e. The van der Waals surface area contributed by atoms with E-state index in [2.05, 4.69) is 11.1 Å². The summed E-state index contributed by atoms with van der Waals surface area (Å²) < 4.78 is 32.9. The van der Waals surface area contributed by atoms with Crippen molar-refractivity contribution >= 4 is 10.4 Å². The Morgan fingerprint density at radius 2 is 1.16 bits per heavy atom. The molecule has 0 saturated heterocycles. The van der Waals surface area contributed by atoms with E-state index >= 15 is 0 Å². The standard InChI is InChI=1S/C20H38O4S/c1-2-3-4-5-6-7-8-9-10-11-12-13-14-15-16-17-18-19-20-24-25(21,22)23/h17-20H,2-16H2,1H3,(H,21,22,23). The number of hydrogen-bond acceptors (Lipinski definition) is 3. The first-order valence-electron chi connectivity index (χ1n) is 10.0. The Morgan fingerprint density at radius 3 is 1.60 bits per heavy atom. The third-order valence-corrected chi connectivity index (χ3v) is 4.58. The van der Waals surface area contributed by atoms with Crippen molar-refractivity contribution in [3.05, 3.63) is 24.5 Å². The number of allylic oxidation sites excluding steroid dienone is 3. The summed E-state index contributed by atoms with van der Waals surface area (Å²) in [7, 11) is -4.37. The molecule has 0 fully saturated rings. The first kappa shape index (κ1) is 24.2. The molecule has 0 heterocycles. The third kappa shape index (κ3) is 23.2. The van der Waals surface area contributed by atoms with Gasteiger partial charge in [0.05, 0.1) is 0 Å². The summed E-state index contributed by atoms with van der Waals surface area (Å²) in [5, 5.41) is 0. The summed E-state index contributed by atoms with van der Waals surface area (Å²) in [6, 6.07) is 0. The van der Waals surface area contributed by atoms with Crippen LogP contribution in [0.3, 0.4) is 0 Å². The molecule has 148 valence electrons. The first-order chi connectivity index (χ1) is 12.1. The monoisotopic (exact) mass is 374 g/mol. The molecule has 0 aromatic rings. The molecule has 5 heteroatoms. The largest absolute Gasteiger partial charge is 0.445 e. The summed E-state index contributed by atoms with van der Waals surface area (Å²) in [6.45, 7) is 2.26. The zero-order valence-corrected chi connectivity index (χ0v) is 16.8. The molecule has 0 aromatic carbocycles. The molecule has 0 saturated carbocycles. The van der Waals surface area contributed by atoms with Crippen molar-refractivity contribution in [2.45, 2.75) is 103 Å². The van der Waals surface area contributed by atoms with Crippen LogP contribution in [0.4, 0.5) is 0 Å². The minimum absolute atomic E-state index is 0.955. The van der Waals surface area contributed by atoms with Crippen LogP contribution in [0.25, 0.3) is 0 Å². The van der Waals surface area contributed by atoms with Gasteiger partial charge < -0.3 is 4.18 Å². The smallest absolute Gasteiger partial charge is 0.370 e. The quantitative estimate of drug-likeness (QED) is 0.125. The summed E-state index contributed by atoms with van der Waals surface area (Å²) in [5.41, 5.74) is 0. The van der Waals surface area contributed by atoms with Crippen LogP contribution >= 0.6 is 0 Å². The van der Waals surface area contributed by atoms with E-state index in [9.17, 15) is 8.42 Å². The van der Waals surface area contributed by atoms with E-state index in [0.29, 0.717) is 0 Å². The number of hydrogen-bond donors (Lipinski definition) is 1. The molecule has 0 rings (SSSR count). The van der Waals surface area contributed by atoms with Crippen LogP contribution in [-0.2, 0) is 14.6 Å². The van der Waals surface area contributed by atoms with Gasteiger partial charge in [-0.25, -0.2) is 0 Å².